The van der Waals surface area contributed by atoms with Gasteiger partial charge in [0.05, 0.1) is 0 Å². The first kappa shape index (κ1) is 12.9. The molecule has 0 radical (unpaired) electrons. The van der Waals surface area contributed by atoms with Gasteiger partial charge in [-0.1, -0.05) is 13.8 Å². The standard InChI is InChI=1S/C12H26N2O/c1-10(2)8-14(12-4-5-12)9-11(13)6-7-15-3/h10-12H,4-9,13H2,1-3H3. The summed E-state index contributed by atoms with van der Waals surface area (Å²) in [6, 6.07) is 1.09. The number of hydrogen-bond donors (Lipinski definition) is 1. The third-order valence-corrected chi connectivity index (χ3v) is 2.82. The quantitative estimate of drug-likeness (QED) is 0.665. The smallest absolute Gasteiger partial charge is 0.0477 e. The number of nitrogens with zero attached hydrogens (tertiary/aromatic N) is 1. The fourth-order valence-corrected chi connectivity index (χ4v) is 1.94. The lowest BCUT2D eigenvalue weighted by Crippen LogP contribution is -2.41. The van der Waals surface area contributed by atoms with Crippen LogP contribution < -0.4 is 5.73 Å². The van der Waals surface area contributed by atoms with Gasteiger partial charge in [0.15, 0.2) is 0 Å². The average Bonchev–Trinajstić information content (AvgIpc) is 2.96. The third kappa shape index (κ3) is 5.50. The fourth-order valence-electron chi connectivity index (χ4n) is 1.94. The van der Waals surface area contributed by atoms with Gasteiger partial charge < -0.3 is 10.5 Å². The van der Waals surface area contributed by atoms with E-state index in [1.54, 1.807) is 7.11 Å². The van der Waals surface area contributed by atoms with Crippen LogP contribution in [-0.4, -0.2) is 43.8 Å². The summed E-state index contributed by atoms with van der Waals surface area (Å²) in [4.78, 5) is 2.56. The van der Waals surface area contributed by atoms with E-state index >= 15 is 0 Å². The molecule has 0 amide bonds. The Balaban J connectivity index is 2.23. The van der Waals surface area contributed by atoms with Crippen molar-refractivity contribution in [3.05, 3.63) is 0 Å². The molecule has 0 heterocycles. The first-order chi connectivity index (χ1) is 7.13. The van der Waals surface area contributed by atoms with Gasteiger partial charge in [0.2, 0.25) is 0 Å². The van der Waals surface area contributed by atoms with E-state index in [1.165, 1.54) is 19.4 Å². The van der Waals surface area contributed by atoms with Crippen LogP contribution in [0.1, 0.15) is 33.1 Å². The molecule has 2 N–H and O–H groups in total. The Morgan fingerprint density at radius 1 is 1.33 bits per heavy atom. The van der Waals surface area contributed by atoms with Gasteiger partial charge in [0, 0.05) is 38.9 Å². The molecular weight excluding hydrogens is 188 g/mol. The lowest BCUT2D eigenvalue weighted by atomic mass is 10.1. The van der Waals surface area contributed by atoms with Gasteiger partial charge in [0.25, 0.3) is 0 Å². The van der Waals surface area contributed by atoms with Gasteiger partial charge in [-0.05, 0) is 25.2 Å². The van der Waals surface area contributed by atoms with E-state index < -0.39 is 0 Å². The minimum Gasteiger partial charge on any atom is -0.385 e. The number of rotatable bonds is 8. The summed E-state index contributed by atoms with van der Waals surface area (Å²) in [5.41, 5.74) is 6.08. The molecule has 15 heavy (non-hydrogen) atoms. The van der Waals surface area contributed by atoms with Crippen molar-refractivity contribution in [1.29, 1.82) is 0 Å². The van der Waals surface area contributed by atoms with Crippen molar-refractivity contribution in [1.82, 2.24) is 4.90 Å². The predicted octanol–water partition coefficient (Wildman–Crippen LogP) is 1.47. The SMILES string of the molecule is COCCC(N)CN(CC(C)C)C1CC1. The largest absolute Gasteiger partial charge is 0.385 e. The normalized spacial score (nSPS) is 18.8. The molecule has 1 atom stereocenters. The Morgan fingerprint density at radius 3 is 2.47 bits per heavy atom. The second kappa shape index (κ2) is 6.46. The van der Waals surface area contributed by atoms with Crippen molar-refractivity contribution in [3.63, 3.8) is 0 Å². The summed E-state index contributed by atoms with van der Waals surface area (Å²) in [5, 5.41) is 0. The Morgan fingerprint density at radius 2 is 2.00 bits per heavy atom. The van der Waals surface area contributed by atoms with Crippen molar-refractivity contribution < 1.29 is 4.74 Å². The highest BCUT2D eigenvalue weighted by Gasteiger charge is 2.29. The number of hydrogen-bond acceptors (Lipinski definition) is 3. The van der Waals surface area contributed by atoms with E-state index in [9.17, 15) is 0 Å². The lowest BCUT2D eigenvalue weighted by Gasteiger charge is -2.27. The molecule has 0 spiro atoms. The van der Waals surface area contributed by atoms with Crippen LogP contribution in [0.5, 0.6) is 0 Å². The summed E-state index contributed by atoms with van der Waals surface area (Å²) in [7, 11) is 1.74. The first-order valence-electron chi connectivity index (χ1n) is 6.12. The lowest BCUT2D eigenvalue weighted by molar-refractivity contribution is 0.167. The molecule has 0 saturated heterocycles. The highest BCUT2D eigenvalue weighted by atomic mass is 16.5. The Hall–Kier alpha value is -0.120. The van der Waals surface area contributed by atoms with Crippen LogP contribution in [-0.2, 0) is 4.74 Å². The number of ether oxygens (including phenoxy) is 1. The van der Waals surface area contributed by atoms with Gasteiger partial charge in [-0.3, -0.25) is 4.90 Å². The molecule has 0 aromatic heterocycles. The van der Waals surface area contributed by atoms with Crippen molar-refractivity contribution in [3.8, 4) is 0 Å². The highest BCUT2D eigenvalue weighted by molar-refractivity contribution is 4.86. The van der Waals surface area contributed by atoms with Crippen LogP contribution in [0.3, 0.4) is 0 Å². The van der Waals surface area contributed by atoms with Crippen LogP contribution in [0.15, 0.2) is 0 Å². The summed E-state index contributed by atoms with van der Waals surface area (Å²) in [5.74, 6) is 0.736. The molecule has 1 unspecified atom stereocenters. The molecule has 0 aliphatic heterocycles. The predicted molar refractivity (Wildman–Crippen MR) is 63.9 cm³/mol. The summed E-state index contributed by atoms with van der Waals surface area (Å²) >= 11 is 0. The van der Waals surface area contributed by atoms with Crippen molar-refractivity contribution in [2.75, 3.05) is 26.8 Å². The van der Waals surface area contributed by atoms with Gasteiger partial charge >= 0.3 is 0 Å². The van der Waals surface area contributed by atoms with Gasteiger partial charge in [0.1, 0.15) is 0 Å². The molecule has 1 aliphatic carbocycles. The maximum absolute atomic E-state index is 6.08. The monoisotopic (exact) mass is 214 g/mol. The van der Waals surface area contributed by atoms with E-state index in [0.717, 1.165) is 31.5 Å². The summed E-state index contributed by atoms with van der Waals surface area (Å²) < 4.78 is 5.05. The van der Waals surface area contributed by atoms with Gasteiger partial charge in [-0.25, -0.2) is 0 Å². The van der Waals surface area contributed by atoms with E-state index in [2.05, 4.69) is 18.7 Å². The van der Waals surface area contributed by atoms with Crippen molar-refractivity contribution in [2.45, 2.75) is 45.2 Å². The summed E-state index contributed by atoms with van der Waals surface area (Å²) in [6.45, 7) is 7.55. The molecule has 3 heteroatoms. The molecule has 90 valence electrons. The van der Waals surface area contributed by atoms with Crippen LogP contribution in [0.25, 0.3) is 0 Å². The van der Waals surface area contributed by atoms with Gasteiger partial charge in [-0.15, -0.1) is 0 Å². The minimum atomic E-state index is 0.268. The molecule has 1 aliphatic rings. The van der Waals surface area contributed by atoms with E-state index in [1.807, 2.05) is 0 Å². The van der Waals surface area contributed by atoms with Gasteiger partial charge in [-0.2, -0.15) is 0 Å². The first-order valence-corrected chi connectivity index (χ1v) is 6.12. The fraction of sp³-hybridized carbons (Fsp3) is 1.00. The van der Waals surface area contributed by atoms with Crippen LogP contribution in [0, 0.1) is 5.92 Å². The van der Waals surface area contributed by atoms with E-state index in [0.29, 0.717) is 0 Å². The maximum atomic E-state index is 6.08. The maximum Gasteiger partial charge on any atom is 0.0477 e. The van der Waals surface area contributed by atoms with Crippen LogP contribution in [0.4, 0.5) is 0 Å². The Kier molecular flexibility index (Phi) is 5.58. The van der Waals surface area contributed by atoms with Crippen molar-refractivity contribution in [2.24, 2.45) is 11.7 Å². The molecule has 1 rings (SSSR count). The minimum absolute atomic E-state index is 0.268. The molecular formula is C12H26N2O. The third-order valence-electron chi connectivity index (χ3n) is 2.82. The summed E-state index contributed by atoms with van der Waals surface area (Å²) in [6.07, 6.45) is 3.70. The molecule has 0 aromatic carbocycles. The highest BCUT2D eigenvalue weighted by Crippen LogP contribution is 2.27. The number of nitrogens with two attached hydrogens (primary N) is 1. The second-order valence-electron chi connectivity index (χ2n) is 5.12. The van der Waals surface area contributed by atoms with E-state index in [4.69, 9.17) is 10.5 Å². The van der Waals surface area contributed by atoms with E-state index in [-0.39, 0.29) is 6.04 Å². The van der Waals surface area contributed by atoms with Crippen LogP contribution in [0.2, 0.25) is 0 Å². The molecule has 0 aromatic rings. The molecule has 1 fully saturated rings. The zero-order valence-electron chi connectivity index (χ0n) is 10.4. The zero-order valence-corrected chi connectivity index (χ0v) is 10.4. The molecule has 0 bridgehead atoms. The molecule has 3 nitrogen and oxygen atoms in total. The Bertz CT molecular complexity index is 169. The zero-order chi connectivity index (χ0) is 11.3. The second-order valence-corrected chi connectivity index (χ2v) is 5.12. The van der Waals surface area contributed by atoms with Crippen molar-refractivity contribution >= 4 is 0 Å². The topological polar surface area (TPSA) is 38.5 Å². The average molecular weight is 214 g/mol. The molecule has 1 saturated carbocycles. The Labute approximate surface area is 94.0 Å². The number of methoxy groups -OCH3 is 1. The van der Waals surface area contributed by atoms with Crippen LogP contribution >= 0.6 is 0 Å².